The zero-order valence-corrected chi connectivity index (χ0v) is 97.3. The van der Waals surface area contributed by atoms with Crippen molar-refractivity contribution in [3.8, 4) is 0 Å². The Morgan fingerprint density at radius 2 is 0.887 bits per heavy atom. The van der Waals surface area contributed by atoms with Crippen LogP contribution >= 0.6 is 16.9 Å². The van der Waals surface area contributed by atoms with Crippen LogP contribution in [0.2, 0.25) is 19.6 Å². The van der Waals surface area contributed by atoms with Gasteiger partial charge in [-0.25, -0.2) is 24.4 Å². The number of allylic oxidation sites excluding steroid dienone is 1. The number of aldehydes is 2. The summed E-state index contributed by atoms with van der Waals surface area (Å²) in [5.41, 5.74) is -1.59. The van der Waals surface area contributed by atoms with Gasteiger partial charge in [-0.3, -0.25) is 13.9 Å². The van der Waals surface area contributed by atoms with E-state index in [2.05, 4.69) is 120 Å². The Bertz CT molecular complexity index is 4230. The van der Waals surface area contributed by atoms with Gasteiger partial charge in [-0.1, -0.05) is 95.1 Å². The Balaban J connectivity index is 0.000000586. The minimum absolute atomic E-state index is 0.0166. The molecular weight excluding hydrogens is 1890 g/mol. The van der Waals surface area contributed by atoms with Crippen molar-refractivity contribution < 1.29 is 138 Å². The number of aliphatic hydroxyl groups is 1. The smallest absolute Gasteiger partial charge is 0.340 e. The average molecular weight is 2070 g/mol. The highest BCUT2D eigenvalue weighted by Crippen LogP contribution is 2.45. The molecule has 0 amide bonds. The van der Waals surface area contributed by atoms with Gasteiger partial charge in [-0.15, -0.1) is 0 Å². The molecule has 8 heterocycles. The first kappa shape index (κ1) is 132. The van der Waals surface area contributed by atoms with E-state index in [-0.39, 0.29) is 89.2 Å². The zero-order chi connectivity index (χ0) is 109. The Hall–Kier alpha value is -6.34. The number of hydrogen-bond donors (Lipinski definition) is 1. The molecule has 1 aromatic rings. The van der Waals surface area contributed by atoms with Gasteiger partial charge in [0.1, 0.15) is 58.7 Å². The van der Waals surface area contributed by atoms with Crippen molar-refractivity contribution in [1.29, 1.82) is 0 Å². The minimum Gasteiger partial charge on any atom is -0.519 e. The summed E-state index contributed by atoms with van der Waals surface area (Å²) in [4.78, 5) is 92.5. The van der Waals surface area contributed by atoms with Crippen LogP contribution in [0.4, 0.5) is 0 Å². The molecule has 3 saturated heterocycles. The van der Waals surface area contributed by atoms with Crippen molar-refractivity contribution in [2.24, 2.45) is 29.6 Å². The first-order valence-corrected chi connectivity index (χ1v) is 55.1. The van der Waals surface area contributed by atoms with Gasteiger partial charge in [0.15, 0.2) is 35.8 Å². The maximum atomic E-state index is 12.5. The molecule has 0 radical (unpaired) electrons. The number of hydrogen-bond acceptors (Lipinski definition) is 34. The number of methoxy groups -OCH3 is 4. The maximum Gasteiger partial charge on any atom is 0.340 e. The van der Waals surface area contributed by atoms with Crippen molar-refractivity contribution in [3.05, 3.63) is 82.1 Å². The van der Waals surface area contributed by atoms with Crippen LogP contribution in [0.15, 0.2) is 76.3 Å². The fourth-order valence-electron chi connectivity index (χ4n) is 17.1. The lowest BCUT2D eigenvalue weighted by atomic mass is 9.84. The third-order valence-corrected chi connectivity index (χ3v) is 29.0. The van der Waals surface area contributed by atoms with Crippen molar-refractivity contribution in [2.75, 3.05) is 77.3 Å². The summed E-state index contributed by atoms with van der Waals surface area (Å²) in [7, 11) is 16.6. The molecule has 7 aliphatic rings. The molecule has 3 unspecified atom stereocenters. The molecule has 37 heteroatoms. The topological polar surface area (TPSA) is 377 Å². The number of rotatable bonds is 41. The van der Waals surface area contributed by atoms with E-state index in [0.29, 0.717) is 102 Å². The number of ether oxygens (including phenoxy) is 17. The van der Waals surface area contributed by atoms with Crippen molar-refractivity contribution in [1.82, 2.24) is 24.7 Å². The van der Waals surface area contributed by atoms with E-state index in [4.69, 9.17) is 89.8 Å². The summed E-state index contributed by atoms with van der Waals surface area (Å²) in [6, 6.07) is 2.23. The van der Waals surface area contributed by atoms with Crippen LogP contribution in [0.1, 0.15) is 297 Å². The molecule has 3 fully saturated rings. The summed E-state index contributed by atoms with van der Waals surface area (Å²) in [6.07, 6.45) is 11.0. The van der Waals surface area contributed by atoms with Crippen LogP contribution < -0.4 is 0 Å². The Kier molecular flexibility index (Phi) is 54.3. The number of cyclic esters (lactones) is 3. The lowest BCUT2D eigenvalue weighted by Gasteiger charge is -2.45. The third kappa shape index (κ3) is 42.7. The van der Waals surface area contributed by atoms with Gasteiger partial charge in [-0.05, 0) is 214 Å². The van der Waals surface area contributed by atoms with Crippen molar-refractivity contribution >= 4 is 62.2 Å². The van der Waals surface area contributed by atoms with Crippen LogP contribution in [0.25, 0.3) is 0 Å². The molecule has 0 aromatic carbocycles. The largest absolute Gasteiger partial charge is 0.519 e. The molecule has 1 aromatic heterocycles. The average Bonchev–Trinajstić information content (AvgIpc) is 0.783. The van der Waals surface area contributed by atoms with Gasteiger partial charge in [0.05, 0.1) is 81.8 Å². The minimum atomic E-state index is -1.66. The van der Waals surface area contributed by atoms with Crippen molar-refractivity contribution in [2.45, 2.75) is 447 Å². The number of nitrogens with zero attached hydrogens (tertiary/aromatic N) is 5. The highest BCUT2D eigenvalue weighted by Gasteiger charge is 2.51. The van der Waals surface area contributed by atoms with Gasteiger partial charge in [0, 0.05) is 151 Å². The summed E-state index contributed by atoms with van der Waals surface area (Å²) in [5, 5.41) is 10.6. The van der Waals surface area contributed by atoms with E-state index >= 15 is 0 Å². The van der Waals surface area contributed by atoms with Crippen LogP contribution in [0, 0.1) is 29.6 Å². The molecular formula is C105H185N5O29P2Si. The SMILES string of the molecule is C=C1OC(C)(C)OC(O[Si](C)(C)C)=C1C.CC(C)(C)c1ncccn1.CC[C@H](C)C[C@@](C)(C=O)OC.CC[C@H](C)C[C@](C)(OC)[C@@H](CC1=C(C)C(=O)OC(C)(C)O1)O[C@@H]1O[C@H](C)CC(N(C)C)[C@H]1P=O.CC[C@H](C)C[C@](C)(OC)[C@H](O)CC1=C(C)C(=O)OC(C)(C)O1.CO[C@@](C)(C[C@@H](C)C=O)[C@@H](CC1=C(C)C(=O)OC(C)(C)O1)O[C@@H]1O[C@H](C)CC(N(C)C)[C@H]1P=O.C[C@@H]1CC(N(C)C)[C@@H](COOC=O)[C@H](C)O1. The second kappa shape index (κ2) is 58.6. The van der Waals surface area contributed by atoms with E-state index < -0.39 is 108 Å². The summed E-state index contributed by atoms with van der Waals surface area (Å²) in [6.45, 7) is 68.1. The van der Waals surface area contributed by atoms with E-state index in [1.807, 2.05) is 129 Å². The van der Waals surface area contributed by atoms with Crippen LogP contribution in [0.3, 0.4) is 0 Å². The van der Waals surface area contributed by atoms with Crippen LogP contribution in [-0.4, -0.2) is 283 Å². The van der Waals surface area contributed by atoms with Gasteiger partial charge in [-0.2, -0.15) is 4.89 Å². The lowest BCUT2D eigenvalue weighted by molar-refractivity contribution is -0.276. The van der Waals surface area contributed by atoms with Gasteiger partial charge in [0.25, 0.3) is 5.95 Å². The molecule has 142 heavy (non-hydrogen) atoms. The van der Waals surface area contributed by atoms with Crippen LogP contribution in [-0.2, 0) is 138 Å². The standard InChI is InChI=1S/C25H44NO7P.C24H40NO8P.C17H30O5.C11H21NO4.C11H20O3Si.C9H18O2.C8H12N2/c1-11-15(2)14-25(7,29-10)20(13-19-17(4)22(27)33-24(5,6)32-19)31-23-21(34-28)18(26(8)9)12-16(3)30-23;1-14(13-26)12-24(6,29-9)19(11-18-16(3)21(27)33-23(4,5)32-18)31-22-20(34-28)17(25(7)8)10-15(2)30-22;1-8-11(2)10-17(6,20-7)14(18)9-13-12(3)15(19)22-16(4,5)21-13;1-8-5-11(12(3)4)10(9(2)16-8)6-14-15-7-13;1-8-9(2)12-11(3,4)13-10(8)14-15(5,6)7;1-5-8(2)6-9(3,7-10)11-4;1-8(2,3)7-9-5-4-6-10-7/h15-16,18,20-21,23H,11-14H2,1-10H3;13-15,17,19-20,22H,10-12H2,1-9H3;11,14,18H,8-10H2,1-7H3;7-11H,5-6H2,1-4H3;2H2,1,3-7H3;7-8H,5-6H2,1-4H3;4-6H,1-3H3/t15-,16+,18?,20+,21+,23-,25-;14-,15-,17?,19-,20-,22+,24+;11-,14+,17-;8-,9+,10+,11?;;8-,9-;/m0101.0./s1. The zero-order valence-electron chi connectivity index (χ0n) is 94.5. The molecule has 1 N–H and O–H groups in total. The molecule has 818 valence electrons. The Morgan fingerprint density at radius 1 is 0.521 bits per heavy atom. The Morgan fingerprint density at radius 3 is 1.23 bits per heavy atom. The highest BCUT2D eigenvalue weighted by atomic mass is 31.1. The van der Waals surface area contributed by atoms with Crippen molar-refractivity contribution in [3.63, 3.8) is 0 Å². The molecule has 8 rings (SSSR count). The predicted molar refractivity (Wildman–Crippen MR) is 549 cm³/mol. The first-order valence-electron chi connectivity index (χ1n) is 50.0. The van der Waals surface area contributed by atoms with Gasteiger partial charge >= 0.3 is 24.4 Å². The summed E-state index contributed by atoms with van der Waals surface area (Å²) < 4.78 is 129. The van der Waals surface area contributed by atoms with Gasteiger partial charge < -0.3 is 119 Å². The van der Waals surface area contributed by atoms with E-state index in [1.165, 1.54) is 0 Å². The fraction of sp³-hybridized carbons (Fsp3) is 0.810. The molecule has 0 saturated carbocycles. The monoisotopic (exact) mass is 2070 g/mol. The maximum absolute atomic E-state index is 12.5. The highest BCUT2D eigenvalue weighted by molar-refractivity contribution is 7.25. The number of carbonyl (C=O) groups excluding carboxylic acids is 6. The fourth-order valence-corrected chi connectivity index (χ4v) is 19.3. The first-order chi connectivity index (χ1) is 65.4. The number of esters is 3. The molecule has 7 aliphatic heterocycles. The predicted octanol–water partition coefficient (Wildman–Crippen LogP) is 19.8. The normalized spacial score (nSPS) is 26.9. The molecule has 0 spiro atoms. The van der Waals surface area contributed by atoms with E-state index in [0.717, 1.165) is 75.3 Å². The lowest BCUT2D eigenvalue weighted by Crippen LogP contribution is -2.55. The second-order valence-electron chi connectivity index (χ2n) is 44.2. The van der Waals surface area contributed by atoms with Crippen LogP contribution in [0.5, 0.6) is 0 Å². The molecule has 0 aliphatic carbocycles. The summed E-state index contributed by atoms with van der Waals surface area (Å²) in [5.74, 6) is -0.379. The molecule has 34 nitrogen and oxygen atoms in total. The quantitative estimate of drug-likeness (QED) is 0.00930. The third-order valence-electron chi connectivity index (χ3n) is 26.5. The number of aliphatic hydroxyl groups excluding tert-OH is 1. The second-order valence-corrected chi connectivity index (χ2v) is 50.3. The molecule has 0 bridgehead atoms. The summed E-state index contributed by atoms with van der Waals surface area (Å²) >= 11 is 0. The van der Waals surface area contributed by atoms with E-state index in [1.54, 1.807) is 103 Å². The molecule has 23 atom stereocenters. The Labute approximate surface area is 855 Å². The number of aromatic nitrogens is 2. The van der Waals surface area contributed by atoms with Gasteiger partial charge in [0.2, 0.25) is 31.5 Å². The van der Waals surface area contributed by atoms with E-state index in [9.17, 15) is 43.0 Å². The number of carbonyl (C=O) groups is 6.